The number of hydrogen-bond donors (Lipinski definition) is 1. The average Bonchev–Trinajstić information content (AvgIpc) is 3.50. The second-order valence-electron chi connectivity index (χ2n) is 8.36. The van der Waals surface area contributed by atoms with E-state index in [1.54, 1.807) is 13.2 Å². The van der Waals surface area contributed by atoms with E-state index in [-0.39, 0.29) is 5.91 Å². The third-order valence-corrected chi connectivity index (χ3v) is 8.12. The quantitative estimate of drug-likeness (QED) is 0.405. The van der Waals surface area contributed by atoms with Crippen LogP contribution in [0.15, 0.2) is 30.5 Å². The summed E-state index contributed by atoms with van der Waals surface area (Å²) in [5, 5.41) is 4.10. The van der Waals surface area contributed by atoms with Crippen molar-refractivity contribution >= 4 is 58.9 Å². The molecule has 1 aromatic carbocycles. The zero-order valence-electron chi connectivity index (χ0n) is 19.2. The molecule has 2 aromatic heterocycles. The lowest BCUT2D eigenvalue weighted by Gasteiger charge is -2.37. The summed E-state index contributed by atoms with van der Waals surface area (Å²) >= 11 is 2.21. The first-order valence-corrected chi connectivity index (χ1v) is 14.7. The lowest BCUT2D eigenvalue weighted by Crippen LogP contribution is -2.52. The Morgan fingerprint density at radius 1 is 1.26 bits per heavy atom. The Labute approximate surface area is 214 Å². The molecular formula is C23H27IN6O3S. The fraction of sp³-hybridized carbons (Fsp3) is 0.435. The van der Waals surface area contributed by atoms with Gasteiger partial charge >= 0.3 is 0 Å². The third kappa shape index (κ3) is 4.52. The number of hydrogen-bond acceptors (Lipinski definition) is 8. The Hall–Kier alpha value is -2.25. The van der Waals surface area contributed by atoms with Gasteiger partial charge in [0.1, 0.15) is 5.75 Å². The summed E-state index contributed by atoms with van der Waals surface area (Å²) in [7, 11) is 3.12. The van der Waals surface area contributed by atoms with Gasteiger partial charge in [0.15, 0.2) is 5.65 Å². The molecule has 0 radical (unpaired) electrons. The van der Waals surface area contributed by atoms with Crippen molar-refractivity contribution in [3.63, 3.8) is 0 Å². The number of ether oxygens (including phenoxy) is 2. The van der Waals surface area contributed by atoms with Crippen LogP contribution in [0.3, 0.4) is 0 Å². The van der Waals surface area contributed by atoms with Gasteiger partial charge in [-0.2, -0.15) is 9.97 Å². The van der Waals surface area contributed by atoms with Gasteiger partial charge in [-0.15, -0.1) is 0 Å². The second kappa shape index (κ2) is 10.2. The molecule has 1 N–H and O–H groups in total. The molecule has 2 aliphatic rings. The lowest BCUT2D eigenvalue weighted by atomic mass is 10.1. The van der Waals surface area contributed by atoms with Crippen molar-refractivity contribution in [1.82, 2.24) is 23.7 Å². The lowest BCUT2D eigenvalue weighted by molar-refractivity contribution is 0.0571. The number of methoxy groups -OCH3 is 1. The molecule has 1 amide bonds. The number of halogens is 1. The number of nitrogens with one attached hydrogen (secondary N) is 1. The number of aromatic nitrogens is 3. The molecule has 2 fully saturated rings. The van der Waals surface area contributed by atoms with Gasteiger partial charge in [-0.05, 0) is 50.6 Å². The topological polar surface area (TPSA) is 84.8 Å². The fourth-order valence-corrected chi connectivity index (χ4v) is 5.99. The van der Waals surface area contributed by atoms with Crippen LogP contribution >= 0.6 is 30.3 Å². The summed E-state index contributed by atoms with van der Waals surface area (Å²) in [5.41, 5.74) is 2.06. The van der Waals surface area contributed by atoms with Crippen LogP contribution in [0.5, 0.6) is 11.6 Å². The highest BCUT2D eigenvalue weighted by Gasteiger charge is 2.33. The highest BCUT2D eigenvalue weighted by atomic mass is 127. The summed E-state index contributed by atoms with van der Waals surface area (Å²) in [6.07, 6.45) is 4.33. The number of benzene rings is 1. The second-order valence-corrected chi connectivity index (χ2v) is 10.1. The van der Waals surface area contributed by atoms with E-state index in [2.05, 4.69) is 41.4 Å². The highest BCUT2D eigenvalue weighted by molar-refractivity contribution is 14.2. The van der Waals surface area contributed by atoms with Crippen molar-refractivity contribution in [2.24, 2.45) is 0 Å². The van der Waals surface area contributed by atoms with Gasteiger partial charge in [-0.25, -0.2) is 0 Å². The van der Waals surface area contributed by atoms with Crippen LogP contribution in [0.25, 0.3) is 11.0 Å². The van der Waals surface area contributed by atoms with Crippen LogP contribution in [0, 0.1) is 0 Å². The molecule has 34 heavy (non-hydrogen) atoms. The Bertz CT molecular complexity index is 1200. The SMILES string of the molecule is CCOc1nc(Nc2ccc(C(=O)N3CCN4CCC[C@@H]4C3)cc2OC)nc2c1ccn2SI. The van der Waals surface area contributed by atoms with Crippen molar-refractivity contribution in [3.05, 3.63) is 36.0 Å². The normalized spacial score (nSPS) is 18.2. The summed E-state index contributed by atoms with van der Waals surface area (Å²) < 4.78 is 13.3. The van der Waals surface area contributed by atoms with Crippen molar-refractivity contribution < 1.29 is 14.3 Å². The Balaban J connectivity index is 1.39. The predicted octanol–water partition coefficient (Wildman–Crippen LogP) is 4.35. The Morgan fingerprint density at radius 3 is 2.94 bits per heavy atom. The average molecular weight is 594 g/mol. The van der Waals surface area contributed by atoms with Gasteiger partial charge in [-0.1, -0.05) is 0 Å². The first kappa shape index (κ1) is 23.5. The van der Waals surface area contributed by atoms with Gasteiger partial charge in [0.05, 0.1) is 24.8 Å². The summed E-state index contributed by atoms with van der Waals surface area (Å²) in [6.45, 7) is 6.09. The molecule has 9 nitrogen and oxygen atoms in total. The highest BCUT2D eigenvalue weighted by Crippen LogP contribution is 2.33. The smallest absolute Gasteiger partial charge is 0.254 e. The van der Waals surface area contributed by atoms with Gasteiger partial charge in [0, 0.05) is 67.8 Å². The van der Waals surface area contributed by atoms with Crippen molar-refractivity contribution in [2.45, 2.75) is 25.8 Å². The summed E-state index contributed by atoms with van der Waals surface area (Å²) in [4.78, 5) is 26.9. The van der Waals surface area contributed by atoms with Crippen LogP contribution in [-0.2, 0) is 0 Å². The largest absolute Gasteiger partial charge is 0.495 e. The first-order valence-electron chi connectivity index (χ1n) is 11.4. The maximum Gasteiger partial charge on any atom is 0.254 e. The molecule has 0 unspecified atom stereocenters. The monoisotopic (exact) mass is 594 g/mol. The maximum absolute atomic E-state index is 13.2. The number of rotatable bonds is 7. The van der Waals surface area contributed by atoms with E-state index >= 15 is 0 Å². The third-order valence-electron chi connectivity index (χ3n) is 6.40. The van der Waals surface area contributed by atoms with E-state index in [0.29, 0.717) is 41.5 Å². The zero-order chi connectivity index (χ0) is 23.7. The minimum absolute atomic E-state index is 0.0459. The van der Waals surface area contributed by atoms with Crippen molar-refractivity contribution in [3.8, 4) is 11.6 Å². The molecule has 3 aromatic rings. The summed E-state index contributed by atoms with van der Waals surface area (Å²) in [5.74, 6) is 1.53. The Morgan fingerprint density at radius 2 is 2.15 bits per heavy atom. The van der Waals surface area contributed by atoms with Gasteiger partial charge < -0.3 is 19.7 Å². The fourth-order valence-electron chi connectivity index (χ4n) is 4.73. The van der Waals surface area contributed by atoms with Crippen LogP contribution in [0.2, 0.25) is 0 Å². The number of anilines is 2. The van der Waals surface area contributed by atoms with E-state index in [4.69, 9.17) is 9.47 Å². The molecule has 4 heterocycles. The van der Waals surface area contributed by atoms with E-state index < -0.39 is 0 Å². The molecular weight excluding hydrogens is 567 g/mol. The molecule has 2 saturated heterocycles. The van der Waals surface area contributed by atoms with Crippen LogP contribution < -0.4 is 14.8 Å². The number of amides is 1. The first-order chi connectivity index (χ1) is 16.6. The molecule has 0 aliphatic carbocycles. The van der Waals surface area contributed by atoms with Gasteiger partial charge in [0.25, 0.3) is 5.91 Å². The van der Waals surface area contributed by atoms with Crippen molar-refractivity contribution in [2.75, 3.05) is 45.2 Å². The number of piperazine rings is 1. The summed E-state index contributed by atoms with van der Waals surface area (Å²) in [6, 6.07) is 7.91. The number of nitrogens with zero attached hydrogens (tertiary/aromatic N) is 5. The van der Waals surface area contributed by atoms with Crippen LogP contribution in [-0.4, -0.2) is 75.6 Å². The zero-order valence-corrected chi connectivity index (χ0v) is 22.1. The number of fused-ring (bicyclic) bond motifs is 2. The van der Waals surface area contributed by atoms with E-state index in [0.717, 1.165) is 37.2 Å². The Kier molecular flexibility index (Phi) is 7.02. The molecule has 0 spiro atoms. The van der Waals surface area contributed by atoms with Crippen LogP contribution in [0.4, 0.5) is 11.6 Å². The molecule has 0 saturated carbocycles. The molecule has 11 heteroatoms. The minimum atomic E-state index is 0.0459. The van der Waals surface area contributed by atoms with Gasteiger partial charge in [-0.3, -0.25) is 13.7 Å². The predicted molar refractivity (Wildman–Crippen MR) is 142 cm³/mol. The molecule has 1 atom stereocenters. The minimum Gasteiger partial charge on any atom is -0.495 e. The molecule has 5 rings (SSSR count). The molecule has 180 valence electrons. The number of carbonyl (C=O) groups is 1. The standard InChI is InChI=1S/C23H27IN6O3S/c1-3-33-21-17-8-10-30(34-24)20(17)26-23(27-21)25-18-7-6-15(13-19(18)32-2)22(31)29-12-11-28-9-4-5-16(28)14-29/h6-8,10,13,16H,3-5,9,11-12,14H2,1-2H3,(H,25,26,27)/t16-/m1/s1. The maximum atomic E-state index is 13.2. The van der Waals surface area contributed by atoms with E-state index in [9.17, 15) is 4.79 Å². The van der Waals surface area contributed by atoms with E-state index in [1.165, 1.54) is 22.0 Å². The van der Waals surface area contributed by atoms with Gasteiger partial charge in [0.2, 0.25) is 11.8 Å². The number of carbonyl (C=O) groups excluding carboxylic acids is 1. The van der Waals surface area contributed by atoms with E-state index in [1.807, 2.05) is 40.2 Å². The molecule has 2 aliphatic heterocycles. The molecule has 0 bridgehead atoms. The van der Waals surface area contributed by atoms with Crippen molar-refractivity contribution in [1.29, 1.82) is 0 Å². The van der Waals surface area contributed by atoms with Crippen LogP contribution in [0.1, 0.15) is 30.1 Å².